The second-order valence-electron chi connectivity index (χ2n) is 3.92. The molecule has 0 spiro atoms. The lowest BCUT2D eigenvalue weighted by molar-refractivity contribution is 0.121. The average molecular weight is 249 g/mol. The standard InChI is InChI=1S/C15H23NO2/c1-3-5-10-17-11-12-18-15-8-6-14(7-9-15)13-16-4-2/h3,5-9,16H,4,10-13H2,1-2H3. The summed E-state index contributed by atoms with van der Waals surface area (Å²) in [7, 11) is 0. The first kappa shape index (κ1) is 14.7. The summed E-state index contributed by atoms with van der Waals surface area (Å²) < 4.78 is 10.9. The minimum Gasteiger partial charge on any atom is -0.491 e. The fourth-order valence-electron chi connectivity index (χ4n) is 1.44. The van der Waals surface area contributed by atoms with Crippen LogP contribution in [-0.4, -0.2) is 26.4 Å². The van der Waals surface area contributed by atoms with Crippen LogP contribution in [0.2, 0.25) is 0 Å². The van der Waals surface area contributed by atoms with E-state index in [-0.39, 0.29) is 0 Å². The highest BCUT2D eigenvalue weighted by atomic mass is 16.5. The molecule has 0 fully saturated rings. The highest BCUT2D eigenvalue weighted by molar-refractivity contribution is 5.27. The van der Waals surface area contributed by atoms with Gasteiger partial charge in [-0.05, 0) is 31.2 Å². The molecule has 0 saturated heterocycles. The van der Waals surface area contributed by atoms with Crippen LogP contribution in [0.1, 0.15) is 19.4 Å². The zero-order valence-corrected chi connectivity index (χ0v) is 11.3. The van der Waals surface area contributed by atoms with Crippen molar-refractivity contribution in [2.24, 2.45) is 0 Å². The van der Waals surface area contributed by atoms with Crippen molar-refractivity contribution in [3.05, 3.63) is 42.0 Å². The minimum atomic E-state index is 0.587. The Labute approximate surface area is 110 Å². The maximum absolute atomic E-state index is 5.58. The molecule has 100 valence electrons. The SMILES string of the molecule is CC=CCOCCOc1ccc(CNCC)cc1. The Balaban J connectivity index is 2.18. The molecule has 0 aliphatic rings. The van der Waals surface area contributed by atoms with E-state index in [0.29, 0.717) is 19.8 Å². The number of nitrogens with one attached hydrogen (secondary N) is 1. The predicted octanol–water partition coefficient (Wildman–Crippen LogP) is 2.77. The zero-order valence-electron chi connectivity index (χ0n) is 11.3. The quantitative estimate of drug-likeness (QED) is 0.539. The molecular weight excluding hydrogens is 226 g/mol. The fraction of sp³-hybridized carbons (Fsp3) is 0.467. The van der Waals surface area contributed by atoms with Gasteiger partial charge in [-0.15, -0.1) is 0 Å². The smallest absolute Gasteiger partial charge is 0.119 e. The molecule has 0 heterocycles. The Morgan fingerprint density at radius 2 is 1.94 bits per heavy atom. The number of rotatable bonds is 9. The van der Waals surface area contributed by atoms with E-state index in [4.69, 9.17) is 9.47 Å². The molecule has 0 atom stereocenters. The summed E-state index contributed by atoms with van der Waals surface area (Å²) >= 11 is 0. The van der Waals surface area contributed by atoms with Crippen LogP contribution in [0, 0.1) is 0 Å². The molecule has 0 saturated carbocycles. The van der Waals surface area contributed by atoms with Crippen LogP contribution in [0.25, 0.3) is 0 Å². The van der Waals surface area contributed by atoms with Crippen LogP contribution in [0.4, 0.5) is 0 Å². The van der Waals surface area contributed by atoms with Crippen LogP contribution >= 0.6 is 0 Å². The monoisotopic (exact) mass is 249 g/mol. The summed E-state index contributed by atoms with van der Waals surface area (Å²) in [5.41, 5.74) is 1.27. The molecule has 0 radical (unpaired) electrons. The second kappa shape index (κ2) is 9.68. The van der Waals surface area contributed by atoms with Crippen LogP contribution in [0.3, 0.4) is 0 Å². The molecule has 1 N–H and O–H groups in total. The van der Waals surface area contributed by atoms with E-state index in [1.807, 2.05) is 31.2 Å². The highest BCUT2D eigenvalue weighted by Gasteiger charge is 1.95. The maximum atomic E-state index is 5.58. The van der Waals surface area contributed by atoms with Crippen molar-refractivity contribution in [3.8, 4) is 5.75 Å². The lowest BCUT2D eigenvalue weighted by Crippen LogP contribution is -2.11. The van der Waals surface area contributed by atoms with E-state index in [0.717, 1.165) is 18.8 Å². The second-order valence-corrected chi connectivity index (χ2v) is 3.92. The summed E-state index contributed by atoms with van der Waals surface area (Å²) in [5.74, 6) is 0.893. The summed E-state index contributed by atoms with van der Waals surface area (Å²) in [6, 6.07) is 8.16. The number of allylic oxidation sites excluding steroid dienone is 1. The molecule has 18 heavy (non-hydrogen) atoms. The lowest BCUT2D eigenvalue weighted by atomic mass is 10.2. The van der Waals surface area contributed by atoms with Crippen molar-refractivity contribution in [3.63, 3.8) is 0 Å². The zero-order chi connectivity index (χ0) is 13.1. The number of benzene rings is 1. The summed E-state index contributed by atoms with van der Waals surface area (Å²) in [6.45, 7) is 7.83. The van der Waals surface area contributed by atoms with Gasteiger partial charge in [0.2, 0.25) is 0 Å². The van der Waals surface area contributed by atoms with Crippen molar-refractivity contribution >= 4 is 0 Å². The van der Waals surface area contributed by atoms with Gasteiger partial charge in [-0.2, -0.15) is 0 Å². The molecule has 1 aromatic carbocycles. The van der Waals surface area contributed by atoms with Gasteiger partial charge >= 0.3 is 0 Å². The summed E-state index contributed by atoms with van der Waals surface area (Å²) in [6.07, 6.45) is 3.96. The first-order chi connectivity index (χ1) is 8.86. The Morgan fingerprint density at radius 1 is 1.17 bits per heavy atom. The third-order valence-corrected chi connectivity index (χ3v) is 2.45. The van der Waals surface area contributed by atoms with Crippen molar-refractivity contribution in [2.45, 2.75) is 20.4 Å². The minimum absolute atomic E-state index is 0.587. The molecule has 3 heteroatoms. The van der Waals surface area contributed by atoms with Gasteiger partial charge in [-0.1, -0.05) is 31.2 Å². The molecule has 0 aliphatic carbocycles. The molecule has 0 aliphatic heterocycles. The molecule has 1 aromatic rings. The third kappa shape index (κ3) is 6.42. The van der Waals surface area contributed by atoms with Gasteiger partial charge in [0.25, 0.3) is 0 Å². The van der Waals surface area contributed by atoms with Gasteiger partial charge in [0.15, 0.2) is 0 Å². The van der Waals surface area contributed by atoms with Gasteiger partial charge < -0.3 is 14.8 Å². The highest BCUT2D eigenvalue weighted by Crippen LogP contribution is 2.11. The van der Waals surface area contributed by atoms with Crippen molar-refractivity contribution < 1.29 is 9.47 Å². The largest absolute Gasteiger partial charge is 0.491 e. The normalized spacial score (nSPS) is 11.0. The van der Waals surface area contributed by atoms with E-state index in [1.165, 1.54) is 5.56 Å². The van der Waals surface area contributed by atoms with Crippen molar-refractivity contribution in [1.29, 1.82) is 0 Å². The average Bonchev–Trinajstić information content (AvgIpc) is 2.42. The molecule has 0 amide bonds. The fourth-order valence-corrected chi connectivity index (χ4v) is 1.44. The molecular formula is C15H23NO2. The Kier molecular flexibility index (Phi) is 7.93. The summed E-state index contributed by atoms with van der Waals surface area (Å²) in [5, 5.41) is 3.29. The van der Waals surface area contributed by atoms with E-state index >= 15 is 0 Å². The third-order valence-electron chi connectivity index (χ3n) is 2.45. The van der Waals surface area contributed by atoms with Crippen LogP contribution < -0.4 is 10.1 Å². The van der Waals surface area contributed by atoms with Crippen LogP contribution in [0.15, 0.2) is 36.4 Å². The topological polar surface area (TPSA) is 30.5 Å². The molecule has 0 aromatic heterocycles. The molecule has 0 bridgehead atoms. The van der Waals surface area contributed by atoms with Gasteiger partial charge in [0, 0.05) is 6.54 Å². The first-order valence-corrected chi connectivity index (χ1v) is 6.48. The first-order valence-electron chi connectivity index (χ1n) is 6.48. The van der Waals surface area contributed by atoms with E-state index in [9.17, 15) is 0 Å². The van der Waals surface area contributed by atoms with Crippen LogP contribution in [-0.2, 0) is 11.3 Å². The van der Waals surface area contributed by atoms with E-state index < -0.39 is 0 Å². The van der Waals surface area contributed by atoms with Gasteiger partial charge in [0.05, 0.1) is 13.2 Å². The number of hydrogen-bond donors (Lipinski definition) is 1. The maximum Gasteiger partial charge on any atom is 0.119 e. The Bertz CT molecular complexity index is 333. The van der Waals surface area contributed by atoms with Gasteiger partial charge in [-0.3, -0.25) is 0 Å². The molecule has 3 nitrogen and oxygen atoms in total. The van der Waals surface area contributed by atoms with Crippen molar-refractivity contribution in [1.82, 2.24) is 5.32 Å². The van der Waals surface area contributed by atoms with Gasteiger partial charge in [-0.25, -0.2) is 0 Å². The number of hydrogen-bond acceptors (Lipinski definition) is 3. The number of ether oxygens (including phenoxy) is 2. The van der Waals surface area contributed by atoms with E-state index in [2.05, 4.69) is 24.4 Å². The molecule has 1 rings (SSSR count). The molecule has 0 unspecified atom stereocenters. The van der Waals surface area contributed by atoms with E-state index in [1.54, 1.807) is 0 Å². The summed E-state index contributed by atoms with van der Waals surface area (Å²) in [4.78, 5) is 0. The predicted molar refractivity (Wildman–Crippen MR) is 75.0 cm³/mol. The van der Waals surface area contributed by atoms with Crippen LogP contribution in [0.5, 0.6) is 5.75 Å². The van der Waals surface area contributed by atoms with Crippen molar-refractivity contribution in [2.75, 3.05) is 26.4 Å². The van der Waals surface area contributed by atoms with Gasteiger partial charge in [0.1, 0.15) is 12.4 Å². The lowest BCUT2D eigenvalue weighted by Gasteiger charge is -2.07. The Morgan fingerprint density at radius 3 is 2.61 bits per heavy atom. The Hall–Kier alpha value is -1.32.